The normalized spacial score (nSPS) is 11.2. The quantitative estimate of drug-likeness (QED) is 0.398. The lowest BCUT2D eigenvalue weighted by Gasteiger charge is -2.10. The van der Waals surface area contributed by atoms with Crippen LogP contribution in [0.5, 0.6) is 0 Å². The van der Waals surface area contributed by atoms with Crippen LogP contribution in [-0.2, 0) is 16.6 Å². The highest BCUT2D eigenvalue weighted by atomic mass is 35.5. The van der Waals surface area contributed by atoms with E-state index in [0.717, 1.165) is 5.39 Å². The zero-order chi connectivity index (χ0) is 17.2. The molecule has 3 rings (SSSR count). The van der Waals surface area contributed by atoms with E-state index in [-0.39, 0.29) is 11.4 Å². The summed E-state index contributed by atoms with van der Waals surface area (Å²) in [4.78, 5) is 5.71. The molecule has 122 valence electrons. The second-order valence-electron chi connectivity index (χ2n) is 5.01. The van der Waals surface area contributed by atoms with Gasteiger partial charge in [-0.15, -0.1) is 0 Å². The van der Waals surface area contributed by atoms with Gasteiger partial charge in [0.15, 0.2) is 0 Å². The number of sulfonamides is 1. The van der Waals surface area contributed by atoms with Gasteiger partial charge < -0.3 is 4.98 Å². The van der Waals surface area contributed by atoms with Crippen LogP contribution in [0.2, 0.25) is 5.02 Å². The summed E-state index contributed by atoms with van der Waals surface area (Å²) >= 11 is 6.05. The number of nitrogens with zero attached hydrogens (tertiary/aromatic N) is 3. The fourth-order valence-electron chi connectivity index (χ4n) is 2.33. The van der Waals surface area contributed by atoms with Crippen LogP contribution >= 0.6 is 11.6 Å². The third-order valence-corrected chi connectivity index (χ3v) is 5.11. The molecule has 0 spiro atoms. The molecule has 7 nitrogen and oxygen atoms in total. The average molecular weight is 362 g/mol. The van der Waals surface area contributed by atoms with Gasteiger partial charge in [0.2, 0.25) is 0 Å². The molecule has 0 aliphatic carbocycles. The molecular weight excluding hydrogens is 350 g/mol. The molecule has 0 bridgehead atoms. The molecule has 0 unspecified atom stereocenters. The molecule has 0 radical (unpaired) electrons. The molecule has 24 heavy (non-hydrogen) atoms. The van der Waals surface area contributed by atoms with Crippen molar-refractivity contribution in [3.63, 3.8) is 0 Å². The number of anilines is 1. The summed E-state index contributed by atoms with van der Waals surface area (Å²) in [6.45, 7) is 0.0850. The minimum absolute atomic E-state index is 0.0850. The van der Waals surface area contributed by atoms with Crippen molar-refractivity contribution in [1.29, 1.82) is 0 Å². The minimum Gasteiger partial charge on any atom is -0.358 e. The molecule has 0 amide bonds. The van der Waals surface area contributed by atoms with E-state index in [2.05, 4.69) is 19.7 Å². The van der Waals surface area contributed by atoms with E-state index in [0.29, 0.717) is 21.8 Å². The van der Waals surface area contributed by atoms with Crippen molar-refractivity contribution in [2.24, 2.45) is 5.11 Å². The predicted molar refractivity (Wildman–Crippen MR) is 93.4 cm³/mol. The first-order valence-corrected chi connectivity index (χ1v) is 8.75. The standard InChI is InChI=1S/C15H12ClN5O2S/c16-13-9-18-15-12(13)5-2-6-14(15)20-24(22,23)11-4-1-3-10(7-11)8-19-21-17/h1-7,9,18,20H,8H2. The molecule has 0 saturated heterocycles. The van der Waals surface area contributed by atoms with Crippen LogP contribution in [0.3, 0.4) is 0 Å². The Bertz CT molecular complexity index is 1050. The Labute approximate surface area is 142 Å². The number of aromatic nitrogens is 1. The second kappa shape index (κ2) is 6.45. The van der Waals surface area contributed by atoms with Gasteiger partial charge in [-0.05, 0) is 29.3 Å². The first kappa shape index (κ1) is 16.2. The SMILES string of the molecule is [N-]=[N+]=NCc1cccc(S(=O)(=O)Nc2cccc3c(Cl)c[nH]c23)c1. The molecule has 0 aliphatic heterocycles. The molecule has 2 N–H and O–H groups in total. The largest absolute Gasteiger partial charge is 0.358 e. The van der Waals surface area contributed by atoms with E-state index in [1.54, 1.807) is 36.5 Å². The average Bonchev–Trinajstić information content (AvgIpc) is 2.95. The Balaban J connectivity index is 1.97. The topological polar surface area (TPSA) is 111 Å². The van der Waals surface area contributed by atoms with E-state index < -0.39 is 10.0 Å². The van der Waals surface area contributed by atoms with Crippen molar-refractivity contribution in [3.8, 4) is 0 Å². The Hall–Kier alpha value is -2.67. The number of rotatable bonds is 5. The lowest BCUT2D eigenvalue weighted by molar-refractivity contribution is 0.601. The molecule has 2 aromatic carbocycles. The van der Waals surface area contributed by atoms with Crippen molar-refractivity contribution in [2.75, 3.05) is 4.72 Å². The molecule has 1 heterocycles. The number of fused-ring (bicyclic) bond motifs is 1. The summed E-state index contributed by atoms with van der Waals surface area (Å²) < 4.78 is 27.8. The van der Waals surface area contributed by atoms with Crippen LogP contribution in [0.15, 0.2) is 58.7 Å². The van der Waals surface area contributed by atoms with Crippen molar-refractivity contribution >= 4 is 38.2 Å². The third-order valence-electron chi connectivity index (χ3n) is 3.43. The van der Waals surface area contributed by atoms with Crippen LogP contribution < -0.4 is 4.72 Å². The van der Waals surface area contributed by atoms with Crippen LogP contribution in [0.25, 0.3) is 21.3 Å². The predicted octanol–water partition coefficient (Wildman–Crippen LogP) is 4.43. The fraction of sp³-hybridized carbons (Fsp3) is 0.0667. The highest BCUT2D eigenvalue weighted by molar-refractivity contribution is 7.92. The van der Waals surface area contributed by atoms with Gasteiger partial charge in [-0.25, -0.2) is 8.42 Å². The van der Waals surface area contributed by atoms with E-state index in [1.165, 1.54) is 12.1 Å². The fourth-order valence-corrected chi connectivity index (χ4v) is 3.69. The van der Waals surface area contributed by atoms with E-state index >= 15 is 0 Å². The molecule has 0 fully saturated rings. The number of para-hydroxylation sites is 1. The number of benzene rings is 2. The van der Waals surface area contributed by atoms with Crippen LogP contribution in [0.1, 0.15) is 5.56 Å². The smallest absolute Gasteiger partial charge is 0.261 e. The third kappa shape index (κ3) is 3.16. The Morgan fingerprint density at radius 3 is 2.83 bits per heavy atom. The Kier molecular flexibility index (Phi) is 4.35. The molecule has 9 heteroatoms. The van der Waals surface area contributed by atoms with Crippen LogP contribution in [0.4, 0.5) is 5.69 Å². The maximum atomic E-state index is 12.6. The number of aromatic amines is 1. The van der Waals surface area contributed by atoms with Crippen molar-refractivity contribution in [3.05, 3.63) is 69.7 Å². The first-order chi connectivity index (χ1) is 11.5. The lowest BCUT2D eigenvalue weighted by atomic mass is 10.2. The molecule has 1 aromatic heterocycles. The number of H-pyrrole nitrogens is 1. The molecule has 0 atom stereocenters. The summed E-state index contributed by atoms with van der Waals surface area (Å²) in [6, 6.07) is 11.4. The lowest BCUT2D eigenvalue weighted by Crippen LogP contribution is -2.13. The second-order valence-corrected chi connectivity index (χ2v) is 7.10. The van der Waals surface area contributed by atoms with Crippen LogP contribution in [-0.4, -0.2) is 13.4 Å². The number of nitrogens with one attached hydrogen (secondary N) is 2. The summed E-state index contributed by atoms with van der Waals surface area (Å²) in [5.41, 5.74) is 9.99. The number of azide groups is 1. The van der Waals surface area contributed by atoms with E-state index in [4.69, 9.17) is 17.1 Å². The van der Waals surface area contributed by atoms with Crippen molar-refractivity contribution < 1.29 is 8.42 Å². The summed E-state index contributed by atoms with van der Waals surface area (Å²) in [6.07, 6.45) is 1.60. The summed E-state index contributed by atoms with van der Waals surface area (Å²) in [7, 11) is -3.79. The van der Waals surface area contributed by atoms with Gasteiger partial charge in [0.25, 0.3) is 10.0 Å². The monoisotopic (exact) mass is 361 g/mol. The molecule has 0 saturated carbocycles. The summed E-state index contributed by atoms with van der Waals surface area (Å²) in [5.74, 6) is 0. The van der Waals surface area contributed by atoms with Gasteiger partial charge in [-0.3, -0.25) is 4.72 Å². The number of hydrogen-bond acceptors (Lipinski definition) is 3. The van der Waals surface area contributed by atoms with E-state index in [9.17, 15) is 8.42 Å². The van der Waals surface area contributed by atoms with Crippen molar-refractivity contribution in [1.82, 2.24) is 4.98 Å². The molecule has 0 aliphatic rings. The molecule has 3 aromatic rings. The Morgan fingerprint density at radius 1 is 1.25 bits per heavy atom. The number of hydrogen-bond donors (Lipinski definition) is 2. The van der Waals surface area contributed by atoms with Gasteiger partial charge in [0.1, 0.15) is 0 Å². The van der Waals surface area contributed by atoms with Gasteiger partial charge >= 0.3 is 0 Å². The Morgan fingerprint density at radius 2 is 2.04 bits per heavy atom. The van der Waals surface area contributed by atoms with Crippen molar-refractivity contribution in [2.45, 2.75) is 11.4 Å². The maximum Gasteiger partial charge on any atom is 0.261 e. The zero-order valence-electron chi connectivity index (χ0n) is 12.3. The zero-order valence-corrected chi connectivity index (χ0v) is 13.8. The van der Waals surface area contributed by atoms with Gasteiger partial charge in [-0.1, -0.05) is 41.0 Å². The molecular formula is C15H12ClN5O2S. The summed E-state index contributed by atoms with van der Waals surface area (Å²) in [5, 5.41) is 4.69. The number of halogens is 1. The highest BCUT2D eigenvalue weighted by Gasteiger charge is 2.17. The first-order valence-electron chi connectivity index (χ1n) is 6.89. The van der Waals surface area contributed by atoms with Gasteiger partial charge in [0, 0.05) is 16.5 Å². The van der Waals surface area contributed by atoms with Crippen LogP contribution in [0, 0.1) is 0 Å². The maximum absolute atomic E-state index is 12.6. The van der Waals surface area contributed by atoms with Gasteiger partial charge in [-0.2, -0.15) is 0 Å². The minimum atomic E-state index is -3.79. The van der Waals surface area contributed by atoms with Gasteiger partial charge in [0.05, 0.1) is 27.7 Å². The van der Waals surface area contributed by atoms with E-state index in [1.807, 2.05) is 0 Å². The highest BCUT2D eigenvalue weighted by Crippen LogP contribution is 2.29.